The Morgan fingerprint density at radius 1 is 0.714 bits per heavy atom. The Balaban J connectivity index is 1.72. The summed E-state index contributed by atoms with van der Waals surface area (Å²) >= 11 is 0. The van der Waals surface area contributed by atoms with Gasteiger partial charge in [-0.2, -0.15) is 0 Å². The number of benzene rings is 2. The lowest BCUT2D eigenvalue weighted by Crippen LogP contribution is -1.97. The van der Waals surface area contributed by atoms with Crippen molar-refractivity contribution in [3.05, 3.63) is 65.7 Å². The van der Waals surface area contributed by atoms with Crippen LogP contribution in [0, 0.1) is 0 Å². The van der Waals surface area contributed by atoms with E-state index in [9.17, 15) is 0 Å². The third kappa shape index (κ3) is 6.03. The van der Waals surface area contributed by atoms with Crippen molar-refractivity contribution in [1.29, 1.82) is 0 Å². The maximum Gasteiger partial charge on any atom is 0.119 e. The van der Waals surface area contributed by atoms with Gasteiger partial charge in [0, 0.05) is 0 Å². The molecule has 0 amide bonds. The Morgan fingerprint density at radius 2 is 1.38 bits per heavy atom. The van der Waals surface area contributed by atoms with Crippen LogP contribution in [0.2, 0.25) is 0 Å². The molecule has 0 saturated heterocycles. The molecule has 0 radical (unpaired) electrons. The average molecular weight is 282 g/mol. The second kappa shape index (κ2) is 9.23. The molecule has 1 heteroatoms. The van der Waals surface area contributed by atoms with Crippen molar-refractivity contribution >= 4 is 0 Å². The van der Waals surface area contributed by atoms with Crippen molar-refractivity contribution < 1.29 is 4.74 Å². The fourth-order valence-electron chi connectivity index (χ4n) is 2.43. The highest BCUT2D eigenvalue weighted by molar-refractivity contribution is 5.31. The van der Waals surface area contributed by atoms with Gasteiger partial charge in [-0.05, 0) is 36.1 Å². The molecule has 0 atom stereocenters. The largest absolute Gasteiger partial charge is 0.494 e. The summed E-state index contributed by atoms with van der Waals surface area (Å²) in [5.74, 6) is 0.988. The van der Waals surface area contributed by atoms with Crippen LogP contribution < -0.4 is 4.74 Å². The van der Waals surface area contributed by atoms with Crippen molar-refractivity contribution in [2.45, 2.75) is 45.4 Å². The Morgan fingerprint density at radius 3 is 2.10 bits per heavy atom. The van der Waals surface area contributed by atoms with E-state index in [1.807, 2.05) is 0 Å². The van der Waals surface area contributed by atoms with Gasteiger partial charge in [-0.15, -0.1) is 0 Å². The highest BCUT2D eigenvalue weighted by Crippen LogP contribution is 2.16. The SMILES string of the molecule is CCCCCCCOc1ccc(Cc2ccccc2)cc1. The first-order valence-corrected chi connectivity index (χ1v) is 8.14. The van der Waals surface area contributed by atoms with E-state index in [1.165, 1.54) is 36.8 Å². The van der Waals surface area contributed by atoms with E-state index in [1.54, 1.807) is 0 Å². The smallest absolute Gasteiger partial charge is 0.119 e. The van der Waals surface area contributed by atoms with Crippen LogP contribution in [0.3, 0.4) is 0 Å². The Kier molecular flexibility index (Phi) is 6.87. The lowest BCUT2D eigenvalue weighted by Gasteiger charge is -2.07. The lowest BCUT2D eigenvalue weighted by atomic mass is 10.1. The highest BCUT2D eigenvalue weighted by atomic mass is 16.5. The minimum absolute atomic E-state index is 0.835. The van der Waals surface area contributed by atoms with Crippen LogP contribution in [0.4, 0.5) is 0 Å². The Bertz CT molecular complexity index is 487. The van der Waals surface area contributed by atoms with Crippen molar-refractivity contribution in [2.24, 2.45) is 0 Å². The summed E-state index contributed by atoms with van der Waals surface area (Å²) in [6, 6.07) is 19.1. The van der Waals surface area contributed by atoms with E-state index < -0.39 is 0 Å². The number of hydrogen-bond acceptors (Lipinski definition) is 1. The quantitative estimate of drug-likeness (QED) is 0.542. The molecule has 0 aliphatic heterocycles. The summed E-state index contributed by atoms with van der Waals surface area (Å²) in [4.78, 5) is 0. The van der Waals surface area contributed by atoms with Crippen LogP contribution in [-0.2, 0) is 6.42 Å². The zero-order valence-electron chi connectivity index (χ0n) is 13.1. The first kappa shape index (κ1) is 15.6. The van der Waals surface area contributed by atoms with Crippen LogP contribution in [0.5, 0.6) is 5.75 Å². The van der Waals surface area contributed by atoms with Crippen molar-refractivity contribution in [3.8, 4) is 5.75 Å². The van der Waals surface area contributed by atoms with Gasteiger partial charge in [0.15, 0.2) is 0 Å². The maximum absolute atomic E-state index is 5.79. The van der Waals surface area contributed by atoms with Gasteiger partial charge < -0.3 is 4.74 Å². The van der Waals surface area contributed by atoms with Gasteiger partial charge in [-0.25, -0.2) is 0 Å². The molecule has 0 heterocycles. The molecule has 0 bridgehead atoms. The molecule has 0 N–H and O–H groups in total. The van der Waals surface area contributed by atoms with E-state index in [0.29, 0.717) is 0 Å². The van der Waals surface area contributed by atoms with Crippen LogP contribution >= 0.6 is 0 Å². The predicted octanol–water partition coefficient (Wildman–Crippen LogP) is 5.63. The van der Waals surface area contributed by atoms with Crippen LogP contribution in [-0.4, -0.2) is 6.61 Å². The van der Waals surface area contributed by atoms with Gasteiger partial charge in [-0.1, -0.05) is 75.1 Å². The molecular weight excluding hydrogens is 256 g/mol. The van der Waals surface area contributed by atoms with Gasteiger partial charge in [0.25, 0.3) is 0 Å². The summed E-state index contributed by atoms with van der Waals surface area (Å²) in [6.07, 6.45) is 7.39. The topological polar surface area (TPSA) is 9.23 Å². The number of rotatable bonds is 9. The molecule has 112 valence electrons. The summed E-state index contributed by atoms with van der Waals surface area (Å²) in [7, 11) is 0. The van der Waals surface area contributed by atoms with Gasteiger partial charge >= 0.3 is 0 Å². The lowest BCUT2D eigenvalue weighted by molar-refractivity contribution is 0.304. The van der Waals surface area contributed by atoms with Crippen LogP contribution in [0.25, 0.3) is 0 Å². The van der Waals surface area contributed by atoms with E-state index >= 15 is 0 Å². The standard InChI is InChI=1S/C20H26O/c1-2-3-4-5-9-16-21-20-14-12-19(13-15-20)17-18-10-7-6-8-11-18/h6-8,10-15H,2-5,9,16-17H2,1H3. The molecular formula is C20H26O. The van der Waals surface area contributed by atoms with Crippen molar-refractivity contribution in [1.82, 2.24) is 0 Å². The van der Waals surface area contributed by atoms with Gasteiger partial charge in [0.05, 0.1) is 6.61 Å². The number of unbranched alkanes of at least 4 members (excludes halogenated alkanes) is 4. The monoisotopic (exact) mass is 282 g/mol. The van der Waals surface area contributed by atoms with Gasteiger partial charge in [-0.3, -0.25) is 0 Å². The summed E-state index contributed by atoms with van der Waals surface area (Å²) in [5, 5.41) is 0. The Labute approximate surface area is 129 Å². The minimum Gasteiger partial charge on any atom is -0.494 e. The van der Waals surface area contributed by atoms with E-state index in [2.05, 4.69) is 61.5 Å². The summed E-state index contributed by atoms with van der Waals surface area (Å²) in [6.45, 7) is 3.08. The molecule has 2 rings (SSSR count). The highest BCUT2D eigenvalue weighted by Gasteiger charge is 1.98. The second-order valence-corrected chi connectivity index (χ2v) is 5.57. The molecule has 0 aliphatic carbocycles. The Hall–Kier alpha value is -1.76. The third-order valence-electron chi connectivity index (χ3n) is 3.69. The van der Waals surface area contributed by atoms with Crippen molar-refractivity contribution in [2.75, 3.05) is 6.61 Å². The first-order chi connectivity index (χ1) is 10.4. The normalized spacial score (nSPS) is 10.5. The summed E-state index contributed by atoms with van der Waals surface area (Å²) in [5.41, 5.74) is 2.68. The van der Waals surface area contributed by atoms with Crippen LogP contribution in [0.1, 0.15) is 50.2 Å². The fraction of sp³-hybridized carbons (Fsp3) is 0.400. The van der Waals surface area contributed by atoms with Gasteiger partial charge in [0.2, 0.25) is 0 Å². The van der Waals surface area contributed by atoms with E-state index in [4.69, 9.17) is 4.74 Å². The first-order valence-electron chi connectivity index (χ1n) is 8.14. The number of ether oxygens (including phenoxy) is 1. The second-order valence-electron chi connectivity index (χ2n) is 5.57. The summed E-state index contributed by atoms with van der Waals surface area (Å²) < 4.78 is 5.79. The molecule has 0 aromatic heterocycles. The average Bonchev–Trinajstić information content (AvgIpc) is 2.53. The maximum atomic E-state index is 5.79. The molecule has 21 heavy (non-hydrogen) atoms. The molecule has 2 aromatic carbocycles. The molecule has 1 nitrogen and oxygen atoms in total. The fourth-order valence-corrected chi connectivity index (χ4v) is 2.43. The predicted molar refractivity (Wildman–Crippen MR) is 89.9 cm³/mol. The van der Waals surface area contributed by atoms with E-state index in [-0.39, 0.29) is 0 Å². The third-order valence-corrected chi connectivity index (χ3v) is 3.69. The molecule has 0 unspecified atom stereocenters. The zero-order chi connectivity index (χ0) is 14.8. The molecule has 0 fully saturated rings. The number of hydrogen-bond donors (Lipinski definition) is 0. The van der Waals surface area contributed by atoms with E-state index in [0.717, 1.165) is 25.2 Å². The van der Waals surface area contributed by atoms with Crippen molar-refractivity contribution in [3.63, 3.8) is 0 Å². The van der Waals surface area contributed by atoms with Gasteiger partial charge in [0.1, 0.15) is 5.75 Å². The molecule has 2 aromatic rings. The molecule has 0 spiro atoms. The van der Waals surface area contributed by atoms with Crippen LogP contribution in [0.15, 0.2) is 54.6 Å². The minimum atomic E-state index is 0.835. The zero-order valence-corrected chi connectivity index (χ0v) is 13.1. The molecule has 0 aliphatic rings. The molecule has 0 saturated carbocycles.